The summed E-state index contributed by atoms with van der Waals surface area (Å²) >= 11 is 0. The number of amides is 4. The Bertz CT molecular complexity index is 1290. The Balaban J connectivity index is 1.50. The van der Waals surface area contributed by atoms with Crippen molar-refractivity contribution in [1.29, 1.82) is 0 Å². The van der Waals surface area contributed by atoms with E-state index in [0.29, 0.717) is 18.2 Å². The van der Waals surface area contributed by atoms with Gasteiger partial charge < -0.3 is 30.2 Å². The van der Waals surface area contributed by atoms with E-state index in [1.54, 1.807) is 51.7 Å². The summed E-state index contributed by atoms with van der Waals surface area (Å²) in [4.78, 5) is 59.4. The van der Waals surface area contributed by atoms with Gasteiger partial charge in [0.05, 0.1) is 6.33 Å². The fourth-order valence-electron chi connectivity index (χ4n) is 5.89. The third-order valence-corrected chi connectivity index (χ3v) is 8.21. The highest BCUT2D eigenvalue weighted by Gasteiger charge is 2.36. The maximum Gasteiger partial charge on any atom is 0.408 e. The lowest BCUT2D eigenvalue weighted by Gasteiger charge is -2.31. The third-order valence-electron chi connectivity index (χ3n) is 8.21. The molecule has 1 saturated carbocycles. The minimum atomic E-state index is -1.33. The molecule has 1 aliphatic carbocycles. The molecule has 1 aromatic carbocycles. The summed E-state index contributed by atoms with van der Waals surface area (Å²) in [6.07, 6.45) is 10.3. The van der Waals surface area contributed by atoms with Gasteiger partial charge in [-0.2, -0.15) is 0 Å². The Morgan fingerprint density at radius 1 is 0.955 bits per heavy atom. The largest absolute Gasteiger partial charge is 0.444 e. The zero-order valence-electron chi connectivity index (χ0n) is 26.7. The second-order valence-corrected chi connectivity index (χ2v) is 13.6. The summed E-state index contributed by atoms with van der Waals surface area (Å²) in [7, 11) is 0. The zero-order valence-corrected chi connectivity index (χ0v) is 26.7. The quantitative estimate of drug-likeness (QED) is 0.355. The number of aromatic nitrogens is 2. The van der Waals surface area contributed by atoms with E-state index in [1.807, 2.05) is 35.2 Å². The van der Waals surface area contributed by atoms with Crippen molar-refractivity contribution in [3.05, 3.63) is 48.4 Å². The summed E-state index contributed by atoms with van der Waals surface area (Å²) in [6, 6.07) is 8.09. The van der Waals surface area contributed by atoms with Crippen LogP contribution in [0.3, 0.4) is 0 Å². The first-order valence-corrected chi connectivity index (χ1v) is 15.8. The molecule has 2 aromatic rings. The lowest BCUT2D eigenvalue weighted by molar-refractivity contribution is -0.132. The predicted octanol–water partition coefficient (Wildman–Crippen LogP) is 4.79. The van der Waals surface area contributed by atoms with Gasteiger partial charge in [-0.05, 0) is 65.4 Å². The number of rotatable bonds is 10. The number of carbonyl (C=O) groups excluding carboxylic acids is 4. The molecule has 11 heteroatoms. The maximum atomic E-state index is 13.7. The standard InChI is InChI=1S/C33H48N6O5/c1-32(2,3)44-31(43)37-33(4,5)30(42)35-25(20-23-14-8-6-9-15-23)28(40)36-26-21-39(22-34-26)27(24-16-10-7-11-17-24)29(41)38-18-12-13-19-38/h7,10-11,16-17,21-23,25,27H,6,8-9,12-15,18-20H2,1-5H3,(H,35,42)(H,36,40)(H,37,43)/t25-,27?/m1/s1. The molecule has 0 bridgehead atoms. The van der Waals surface area contributed by atoms with Crippen molar-refractivity contribution in [3.8, 4) is 0 Å². The number of benzene rings is 1. The van der Waals surface area contributed by atoms with Crippen LogP contribution in [-0.2, 0) is 19.1 Å². The summed E-state index contributed by atoms with van der Waals surface area (Å²) in [5, 5.41) is 8.38. The van der Waals surface area contributed by atoms with E-state index >= 15 is 0 Å². The Morgan fingerprint density at radius 2 is 1.61 bits per heavy atom. The molecule has 1 aromatic heterocycles. The van der Waals surface area contributed by atoms with Gasteiger partial charge in [-0.3, -0.25) is 14.4 Å². The fourth-order valence-corrected chi connectivity index (χ4v) is 5.89. The summed E-state index contributed by atoms with van der Waals surface area (Å²) < 4.78 is 7.06. The molecule has 44 heavy (non-hydrogen) atoms. The number of nitrogens with zero attached hydrogens (tertiary/aromatic N) is 3. The topological polar surface area (TPSA) is 135 Å². The van der Waals surface area contributed by atoms with Crippen LogP contribution >= 0.6 is 0 Å². The zero-order chi connectivity index (χ0) is 31.9. The van der Waals surface area contributed by atoms with Gasteiger partial charge in [0.25, 0.3) is 0 Å². The third kappa shape index (κ3) is 9.06. The van der Waals surface area contributed by atoms with Crippen LogP contribution in [0.4, 0.5) is 10.6 Å². The van der Waals surface area contributed by atoms with Crippen molar-refractivity contribution in [2.45, 2.75) is 109 Å². The van der Waals surface area contributed by atoms with E-state index in [0.717, 1.165) is 57.2 Å². The van der Waals surface area contributed by atoms with Crippen molar-refractivity contribution >= 4 is 29.6 Å². The molecular formula is C33H48N6O5. The molecular weight excluding hydrogens is 560 g/mol. The van der Waals surface area contributed by atoms with Crippen LogP contribution in [0.5, 0.6) is 0 Å². The molecule has 2 atom stereocenters. The van der Waals surface area contributed by atoms with Crippen LogP contribution in [0.2, 0.25) is 0 Å². The van der Waals surface area contributed by atoms with Gasteiger partial charge in [0.1, 0.15) is 23.2 Å². The minimum Gasteiger partial charge on any atom is -0.444 e. The molecule has 1 aliphatic heterocycles. The fraction of sp³-hybridized carbons (Fsp3) is 0.606. The van der Waals surface area contributed by atoms with Crippen LogP contribution in [0.15, 0.2) is 42.9 Å². The molecule has 3 N–H and O–H groups in total. The first kappa shape index (κ1) is 33.0. The molecule has 0 spiro atoms. The number of hydrogen-bond acceptors (Lipinski definition) is 6. The minimum absolute atomic E-state index is 0.00821. The van der Waals surface area contributed by atoms with E-state index in [2.05, 4.69) is 20.9 Å². The van der Waals surface area contributed by atoms with Gasteiger partial charge in [0, 0.05) is 19.3 Å². The molecule has 1 saturated heterocycles. The SMILES string of the molecule is CC(C)(C)OC(=O)NC(C)(C)C(=O)N[C@H](CC1CCCCC1)C(=O)Nc1cn(C(C(=O)N2CCCC2)c2ccccc2)cn1. The van der Waals surface area contributed by atoms with Gasteiger partial charge in [-0.1, -0.05) is 62.4 Å². The Labute approximate surface area is 260 Å². The number of nitrogens with one attached hydrogen (secondary N) is 3. The second kappa shape index (κ2) is 14.3. The molecule has 1 unspecified atom stereocenters. The summed E-state index contributed by atoms with van der Waals surface area (Å²) in [6.45, 7) is 9.83. The second-order valence-electron chi connectivity index (χ2n) is 13.6. The average molecular weight is 609 g/mol. The molecule has 2 heterocycles. The predicted molar refractivity (Wildman–Crippen MR) is 168 cm³/mol. The number of hydrogen-bond donors (Lipinski definition) is 3. The summed E-state index contributed by atoms with van der Waals surface area (Å²) in [5.74, 6) is -0.320. The highest BCUT2D eigenvalue weighted by Crippen LogP contribution is 2.28. The molecule has 2 fully saturated rings. The first-order valence-electron chi connectivity index (χ1n) is 15.8. The van der Waals surface area contributed by atoms with Crippen LogP contribution in [0, 0.1) is 5.92 Å². The highest BCUT2D eigenvalue weighted by molar-refractivity contribution is 5.98. The van der Waals surface area contributed by atoms with Crippen molar-refractivity contribution in [1.82, 2.24) is 25.1 Å². The molecule has 0 radical (unpaired) electrons. The number of imidazole rings is 1. The highest BCUT2D eigenvalue weighted by atomic mass is 16.6. The van der Waals surface area contributed by atoms with Gasteiger partial charge >= 0.3 is 6.09 Å². The smallest absolute Gasteiger partial charge is 0.408 e. The van der Waals surface area contributed by atoms with Crippen molar-refractivity contribution < 1.29 is 23.9 Å². The Morgan fingerprint density at radius 3 is 2.25 bits per heavy atom. The molecule has 4 amide bonds. The van der Waals surface area contributed by atoms with E-state index in [9.17, 15) is 19.2 Å². The molecule has 240 valence electrons. The Hall–Kier alpha value is -3.89. The van der Waals surface area contributed by atoms with Gasteiger partial charge in [0.15, 0.2) is 5.82 Å². The van der Waals surface area contributed by atoms with Crippen LogP contribution in [0.25, 0.3) is 0 Å². The summed E-state index contributed by atoms with van der Waals surface area (Å²) in [5.41, 5.74) is -1.21. The number of carbonyl (C=O) groups is 4. The van der Waals surface area contributed by atoms with Gasteiger partial charge in [0.2, 0.25) is 17.7 Å². The number of ether oxygens (including phenoxy) is 1. The number of anilines is 1. The lowest BCUT2D eigenvalue weighted by atomic mass is 9.84. The van der Waals surface area contributed by atoms with E-state index < -0.39 is 41.1 Å². The van der Waals surface area contributed by atoms with Crippen LogP contribution in [0.1, 0.15) is 97.6 Å². The monoisotopic (exact) mass is 608 g/mol. The van der Waals surface area contributed by atoms with Crippen LogP contribution in [-0.4, -0.2) is 68.5 Å². The molecule has 11 nitrogen and oxygen atoms in total. The van der Waals surface area contributed by atoms with Gasteiger partial charge in [-0.15, -0.1) is 0 Å². The normalized spacial score (nSPS) is 17.4. The maximum absolute atomic E-state index is 13.7. The van der Waals surface area contributed by atoms with Crippen molar-refractivity contribution in [3.63, 3.8) is 0 Å². The van der Waals surface area contributed by atoms with E-state index in [4.69, 9.17) is 4.74 Å². The average Bonchev–Trinajstić information content (AvgIpc) is 3.65. The van der Waals surface area contributed by atoms with Gasteiger partial charge in [-0.25, -0.2) is 9.78 Å². The number of alkyl carbamates (subject to hydrolysis) is 1. The van der Waals surface area contributed by atoms with E-state index in [1.165, 1.54) is 6.42 Å². The lowest BCUT2D eigenvalue weighted by Crippen LogP contribution is -2.59. The molecule has 2 aliphatic rings. The number of likely N-dealkylation sites (tertiary alicyclic amines) is 1. The first-order chi connectivity index (χ1) is 20.8. The molecule has 4 rings (SSSR count). The van der Waals surface area contributed by atoms with Crippen molar-refractivity contribution in [2.75, 3.05) is 18.4 Å². The van der Waals surface area contributed by atoms with E-state index in [-0.39, 0.29) is 5.91 Å². The Kier molecular flexibility index (Phi) is 10.7. The van der Waals surface area contributed by atoms with Crippen LogP contribution < -0.4 is 16.0 Å². The van der Waals surface area contributed by atoms with Crippen molar-refractivity contribution in [2.24, 2.45) is 5.92 Å².